The molecule has 420 valence electrons. The predicted octanol–water partition coefficient (Wildman–Crippen LogP) is 1.44. The highest BCUT2D eigenvalue weighted by atomic mass is 19.4. The summed E-state index contributed by atoms with van der Waals surface area (Å²) in [5.74, 6) is -7.58. The van der Waals surface area contributed by atoms with Crippen LogP contribution in [0.1, 0.15) is 103 Å². The molecule has 2 aromatic heterocycles. The van der Waals surface area contributed by atoms with Crippen LogP contribution in [0.25, 0.3) is 22.3 Å². The van der Waals surface area contributed by atoms with Crippen LogP contribution in [0.5, 0.6) is 0 Å². The Hall–Kier alpha value is -8.13. The van der Waals surface area contributed by atoms with Gasteiger partial charge in [-0.3, -0.25) is 48.1 Å². The van der Waals surface area contributed by atoms with E-state index >= 15 is 4.39 Å². The normalized spacial score (nSPS) is 17.9. The highest BCUT2D eigenvalue weighted by Gasteiger charge is 2.49. The van der Waals surface area contributed by atoms with Crippen molar-refractivity contribution in [1.29, 1.82) is 0 Å². The number of ether oxygens (including phenoxy) is 2. The van der Waals surface area contributed by atoms with Crippen LogP contribution < -0.4 is 37.5 Å². The Bertz CT molecular complexity index is 3190. The number of carbonyl (C=O) groups excluding carboxylic acids is 9. The zero-order valence-corrected chi connectivity index (χ0v) is 43.0. The number of nitrogens with one attached hydrogen (secondary N) is 6. The lowest BCUT2D eigenvalue weighted by Crippen LogP contribution is -2.52. The smallest absolute Gasteiger partial charge is 0.423 e. The Morgan fingerprint density at radius 1 is 0.848 bits per heavy atom. The minimum absolute atomic E-state index is 0.000175. The minimum Gasteiger partial charge on any atom is -0.458 e. The number of hydrogen-bond donors (Lipinski definition) is 7. The number of aryl methyl sites for hydroxylation is 1. The first kappa shape index (κ1) is 57.1. The van der Waals surface area contributed by atoms with E-state index in [1.807, 2.05) is 0 Å². The van der Waals surface area contributed by atoms with E-state index in [-0.39, 0.29) is 109 Å². The molecule has 0 spiro atoms. The second kappa shape index (κ2) is 23.9. The zero-order valence-electron chi connectivity index (χ0n) is 43.0. The molecule has 4 atom stereocenters. The number of unbranched alkanes of at least 4 members (excludes halogenated alkanes) is 2. The van der Waals surface area contributed by atoms with Gasteiger partial charge in [0.1, 0.15) is 25.2 Å². The fraction of sp³-hybridized carbons (Fsp3) is 0.453. The van der Waals surface area contributed by atoms with E-state index in [0.29, 0.717) is 41.3 Å². The first-order chi connectivity index (χ1) is 37.6. The quantitative estimate of drug-likeness (QED) is 0.0170. The number of carbonyl (C=O) groups is 9. The summed E-state index contributed by atoms with van der Waals surface area (Å²) in [7, 11) is 0. The Balaban J connectivity index is 0.856. The Morgan fingerprint density at radius 3 is 2.24 bits per heavy atom. The lowest BCUT2D eigenvalue weighted by molar-refractivity contribution is -0.220. The summed E-state index contributed by atoms with van der Waals surface area (Å²) in [5.41, 5.74) is -0.473. The van der Waals surface area contributed by atoms with Gasteiger partial charge >= 0.3 is 12.1 Å². The molecule has 2 aromatic carbocycles. The lowest BCUT2D eigenvalue weighted by Gasteiger charge is -2.31. The van der Waals surface area contributed by atoms with E-state index in [1.165, 1.54) is 29.4 Å². The first-order valence-corrected chi connectivity index (χ1v) is 25.6. The van der Waals surface area contributed by atoms with Crippen LogP contribution >= 0.6 is 0 Å². The van der Waals surface area contributed by atoms with Crippen molar-refractivity contribution in [3.05, 3.63) is 97.6 Å². The predicted molar refractivity (Wildman–Crippen MR) is 268 cm³/mol. The fourth-order valence-electron chi connectivity index (χ4n) is 10.2. The maximum Gasteiger partial charge on any atom is 0.423 e. The molecule has 1 fully saturated rings. The molecule has 0 radical (unpaired) electrons. The highest BCUT2D eigenvalue weighted by Crippen LogP contribution is 2.46. The molecular weight excluding hydrogens is 1050 g/mol. The van der Waals surface area contributed by atoms with Crippen LogP contribution in [0.2, 0.25) is 0 Å². The number of alkyl halides is 3. The number of pyridine rings is 2. The molecule has 5 heterocycles. The van der Waals surface area contributed by atoms with Gasteiger partial charge in [0.15, 0.2) is 5.60 Å². The summed E-state index contributed by atoms with van der Waals surface area (Å²) in [4.78, 5) is 134. The van der Waals surface area contributed by atoms with E-state index < -0.39 is 116 Å². The van der Waals surface area contributed by atoms with Gasteiger partial charge in [-0.15, -0.1) is 0 Å². The van der Waals surface area contributed by atoms with Crippen LogP contribution in [0.4, 0.5) is 17.6 Å². The second-order valence-corrected chi connectivity index (χ2v) is 19.6. The molecule has 0 unspecified atom stereocenters. The Morgan fingerprint density at radius 2 is 1.53 bits per heavy atom. The van der Waals surface area contributed by atoms with Gasteiger partial charge in [-0.2, -0.15) is 13.2 Å². The van der Waals surface area contributed by atoms with Gasteiger partial charge in [-0.05, 0) is 67.3 Å². The Labute approximate surface area is 447 Å². The van der Waals surface area contributed by atoms with Gasteiger partial charge in [-0.1, -0.05) is 43.7 Å². The van der Waals surface area contributed by atoms with Crippen molar-refractivity contribution in [1.82, 2.24) is 46.4 Å². The average molecular weight is 1100 g/mol. The molecule has 79 heavy (non-hydrogen) atoms. The van der Waals surface area contributed by atoms with Gasteiger partial charge < -0.3 is 51.0 Å². The largest absolute Gasteiger partial charge is 0.458 e. The molecule has 26 heteroatoms. The topological polar surface area (TPSA) is 303 Å². The van der Waals surface area contributed by atoms with Crippen LogP contribution in [0.3, 0.4) is 0 Å². The molecule has 1 saturated heterocycles. The van der Waals surface area contributed by atoms with Gasteiger partial charge in [0, 0.05) is 54.8 Å². The van der Waals surface area contributed by atoms with E-state index in [1.54, 1.807) is 30.3 Å². The molecule has 3 aliphatic heterocycles. The number of hydrogen-bond acceptors (Lipinski definition) is 14. The maximum atomic E-state index is 15.4. The molecular formula is C53H57F4N9O13. The summed E-state index contributed by atoms with van der Waals surface area (Å²) in [6.07, 6.45) is -6.64. The number of esters is 1. The molecule has 1 aliphatic carbocycles. The molecule has 8 rings (SSSR count). The molecule has 8 amide bonds. The number of benzene rings is 2. The summed E-state index contributed by atoms with van der Waals surface area (Å²) < 4.78 is 70.8. The van der Waals surface area contributed by atoms with Crippen molar-refractivity contribution >= 4 is 64.1 Å². The van der Waals surface area contributed by atoms with E-state index in [9.17, 15) is 66.2 Å². The van der Waals surface area contributed by atoms with Crippen molar-refractivity contribution in [2.24, 2.45) is 0 Å². The third-order valence-corrected chi connectivity index (χ3v) is 14.4. The number of halogens is 4. The van der Waals surface area contributed by atoms with Crippen LogP contribution in [-0.2, 0) is 84.2 Å². The number of nitrogens with zero attached hydrogens (tertiary/aromatic N) is 3. The third kappa shape index (κ3) is 12.4. The number of imide groups is 1. The molecule has 4 aliphatic rings. The van der Waals surface area contributed by atoms with Gasteiger partial charge in [-0.25, -0.2) is 14.2 Å². The van der Waals surface area contributed by atoms with Crippen molar-refractivity contribution < 1.29 is 75.3 Å². The van der Waals surface area contributed by atoms with E-state index in [2.05, 4.69) is 31.9 Å². The summed E-state index contributed by atoms with van der Waals surface area (Å²) >= 11 is 0. The second-order valence-electron chi connectivity index (χ2n) is 19.6. The zero-order chi connectivity index (χ0) is 56.9. The Kier molecular flexibility index (Phi) is 17.2. The number of aliphatic hydroxyl groups is 1. The van der Waals surface area contributed by atoms with Gasteiger partial charge in [0.25, 0.3) is 11.5 Å². The van der Waals surface area contributed by atoms with E-state index in [0.717, 1.165) is 6.07 Å². The van der Waals surface area contributed by atoms with Crippen LogP contribution in [-0.4, -0.2) is 124 Å². The van der Waals surface area contributed by atoms with Crippen molar-refractivity contribution in [3.63, 3.8) is 0 Å². The SMILES string of the molecule is CC[C@@]1(O)C(=O)OCc2c1cc1n(c2=O)Cc2c-1nc1cc(F)c(C)c3c1c2[C@@H](NC(=O)[C@@H](OCNC(=O)CNC(=O)[C@H](Cc1ccccc1)NC(=O)CNC(=O)CNC(=O)CCCCCN1C(=O)CCC1=O)C(F)(F)F)CC3. The van der Waals surface area contributed by atoms with E-state index in [4.69, 9.17) is 14.5 Å². The highest BCUT2D eigenvalue weighted by molar-refractivity contribution is 6.02. The monoisotopic (exact) mass is 1100 g/mol. The number of rotatable bonds is 22. The molecule has 0 bridgehead atoms. The van der Waals surface area contributed by atoms with Crippen molar-refractivity contribution in [2.45, 2.75) is 121 Å². The molecule has 0 saturated carbocycles. The average Bonchev–Trinajstić information content (AvgIpc) is 4.22. The summed E-state index contributed by atoms with van der Waals surface area (Å²) in [5, 5.41) is 25.7. The standard InChI is InChI=1S/C53H57F4N9O13/c1-3-52(77)32-19-37-46-30(24-66(37)50(75)31(32)25-78-51(52)76)45-34(14-13-29-27(2)33(54)20-35(63-46)44(29)45)64-49(74)47(53(55,56)57)79-26-61-40(69)22-60-48(73)36(18-28-10-6-4-7-11-28)62-41(70)23-59-39(68)21-58-38(67)12-8-5-9-17-65-42(71)15-16-43(65)72/h4,6-7,10-11,19-20,34,36,47,77H,3,5,8-9,12-18,21-26H2,1-2H3,(H,58,67)(H,59,68)(H,60,73)(H,61,69)(H,62,70)(H,64,74)/t34-,36-,47+,52-/m0/s1. The van der Waals surface area contributed by atoms with Crippen LogP contribution in [0.15, 0.2) is 47.3 Å². The molecule has 4 aromatic rings. The van der Waals surface area contributed by atoms with Crippen molar-refractivity contribution in [3.8, 4) is 11.4 Å². The summed E-state index contributed by atoms with van der Waals surface area (Å²) in [6.45, 7) is -0.339. The number of aromatic nitrogens is 2. The molecule has 7 N–H and O–H groups in total. The van der Waals surface area contributed by atoms with Crippen molar-refractivity contribution in [2.75, 3.05) is 32.9 Å². The van der Waals surface area contributed by atoms with Gasteiger partial charge in [0.05, 0.1) is 54.7 Å². The number of amides is 8. The summed E-state index contributed by atoms with van der Waals surface area (Å²) in [6, 6.07) is 8.44. The minimum atomic E-state index is -5.33. The van der Waals surface area contributed by atoms with Gasteiger partial charge in [0.2, 0.25) is 47.5 Å². The number of likely N-dealkylation sites (tertiary alicyclic amines) is 1. The van der Waals surface area contributed by atoms with Crippen LogP contribution in [0, 0.1) is 12.7 Å². The lowest BCUT2D eigenvalue weighted by atomic mass is 9.81. The number of fused-ring (bicyclic) bond motifs is 5. The first-order valence-electron chi connectivity index (χ1n) is 25.6. The number of cyclic esters (lactones) is 1. The maximum absolute atomic E-state index is 15.4. The molecule has 22 nitrogen and oxygen atoms in total. The third-order valence-electron chi connectivity index (χ3n) is 14.4. The fourth-order valence-corrected chi connectivity index (χ4v) is 10.2.